The summed E-state index contributed by atoms with van der Waals surface area (Å²) < 4.78 is 0. The first-order chi connectivity index (χ1) is 9.74. The summed E-state index contributed by atoms with van der Waals surface area (Å²) in [4.78, 5) is 11.2. The van der Waals surface area contributed by atoms with Crippen LogP contribution in [0.2, 0.25) is 0 Å². The monoisotopic (exact) mass is 270 g/mol. The number of rotatable bonds is 4. The molecule has 2 heterocycles. The van der Waals surface area contributed by atoms with Gasteiger partial charge < -0.3 is 10.2 Å². The Bertz CT molecular complexity index is 576. The van der Waals surface area contributed by atoms with Crippen LogP contribution in [0.25, 0.3) is 10.9 Å². The van der Waals surface area contributed by atoms with Gasteiger partial charge in [0.1, 0.15) is 12.1 Å². The maximum atomic E-state index is 4.39. The van der Waals surface area contributed by atoms with Crippen LogP contribution < -0.4 is 5.32 Å². The third-order valence-corrected chi connectivity index (χ3v) is 4.15. The SMILES string of the molecule is CC(C)N1CCC(CNc2ncnc3ccccc23)C1. The van der Waals surface area contributed by atoms with Crippen molar-refractivity contribution in [3.8, 4) is 0 Å². The summed E-state index contributed by atoms with van der Waals surface area (Å²) >= 11 is 0. The van der Waals surface area contributed by atoms with Crippen molar-refractivity contribution in [3.63, 3.8) is 0 Å². The molecule has 0 aliphatic carbocycles. The van der Waals surface area contributed by atoms with E-state index in [1.165, 1.54) is 19.5 Å². The van der Waals surface area contributed by atoms with Crippen molar-refractivity contribution in [1.29, 1.82) is 0 Å². The summed E-state index contributed by atoms with van der Waals surface area (Å²) in [5.41, 5.74) is 1.00. The number of hydrogen-bond acceptors (Lipinski definition) is 4. The van der Waals surface area contributed by atoms with Crippen molar-refractivity contribution in [2.45, 2.75) is 26.3 Å². The van der Waals surface area contributed by atoms with Crippen LogP contribution in [0.5, 0.6) is 0 Å². The van der Waals surface area contributed by atoms with Crippen molar-refractivity contribution in [3.05, 3.63) is 30.6 Å². The molecule has 0 bridgehead atoms. The molecule has 1 aliphatic rings. The highest BCUT2D eigenvalue weighted by molar-refractivity contribution is 5.88. The fourth-order valence-corrected chi connectivity index (χ4v) is 2.88. The van der Waals surface area contributed by atoms with Crippen LogP contribution in [0.1, 0.15) is 20.3 Å². The number of fused-ring (bicyclic) bond motifs is 1. The van der Waals surface area contributed by atoms with Crippen LogP contribution >= 0.6 is 0 Å². The molecule has 0 saturated carbocycles. The fourth-order valence-electron chi connectivity index (χ4n) is 2.88. The maximum absolute atomic E-state index is 4.39. The lowest BCUT2D eigenvalue weighted by Crippen LogP contribution is -2.29. The standard InChI is InChI=1S/C16H22N4/c1-12(2)20-8-7-13(10-20)9-17-16-14-5-3-4-6-15(14)18-11-19-16/h3-6,11-13H,7-10H2,1-2H3,(H,17,18,19). The molecule has 2 aromatic rings. The number of hydrogen-bond donors (Lipinski definition) is 1. The summed E-state index contributed by atoms with van der Waals surface area (Å²) in [6.45, 7) is 7.94. The molecule has 1 aliphatic heterocycles. The summed E-state index contributed by atoms with van der Waals surface area (Å²) in [6.07, 6.45) is 2.91. The lowest BCUT2D eigenvalue weighted by Gasteiger charge is -2.20. The third kappa shape index (κ3) is 2.75. The van der Waals surface area contributed by atoms with Crippen LogP contribution in [0, 0.1) is 5.92 Å². The Balaban J connectivity index is 1.66. The molecule has 20 heavy (non-hydrogen) atoms. The second-order valence-electron chi connectivity index (χ2n) is 5.86. The van der Waals surface area contributed by atoms with Gasteiger partial charge >= 0.3 is 0 Å². The second kappa shape index (κ2) is 5.75. The number of benzene rings is 1. The van der Waals surface area contributed by atoms with E-state index in [9.17, 15) is 0 Å². The Hall–Kier alpha value is -1.68. The van der Waals surface area contributed by atoms with Crippen LogP contribution in [-0.4, -0.2) is 40.5 Å². The molecule has 1 fully saturated rings. The zero-order valence-electron chi connectivity index (χ0n) is 12.2. The van der Waals surface area contributed by atoms with Gasteiger partial charge in [0.2, 0.25) is 0 Å². The van der Waals surface area contributed by atoms with Crippen molar-refractivity contribution in [2.75, 3.05) is 25.0 Å². The second-order valence-corrected chi connectivity index (χ2v) is 5.86. The third-order valence-electron chi connectivity index (χ3n) is 4.15. The molecular formula is C16H22N4. The van der Waals surface area contributed by atoms with E-state index in [0.717, 1.165) is 23.3 Å². The average Bonchev–Trinajstić information content (AvgIpc) is 2.94. The summed E-state index contributed by atoms with van der Waals surface area (Å²) in [6, 6.07) is 8.80. The minimum atomic E-state index is 0.653. The van der Waals surface area contributed by atoms with Gasteiger partial charge in [-0.3, -0.25) is 0 Å². The van der Waals surface area contributed by atoms with Gasteiger partial charge in [0, 0.05) is 24.5 Å². The van der Waals surface area contributed by atoms with Gasteiger partial charge in [0.25, 0.3) is 0 Å². The van der Waals surface area contributed by atoms with Crippen LogP contribution in [-0.2, 0) is 0 Å². The Morgan fingerprint density at radius 1 is 1.30 bits per heavy atom. The smallest absolute Gasteiger partial charge is 0.137 e. The van der Waals surface area contributed by atoms with Gasteiger partial charge in [0.15, 0.2) is 0 Å². The molecular weight excluding hydrogens is 248 g/mol. The summed E-state index contributed by atoms with van der Waals surface area (Å²) in [5, 5.41) is 4.62. The minimum Gasteiger partial charge on any atom is -0.369 e. The quantitative estimate of drug-likeness (QED) is 0.927. The first-order valence-corrected chi connectivity index (χ1v) is 7.41. The number of anilines is 1. The highest BCUT2D eigenvalue weighted by atomic mass is 15.2. The van der Waals surface area contributed by atoms with E-state index in [4.69, 9.17) is 0 Å². The van der Waals surface area contributed by atoms with E-state index in [2.05, 4.69) is 40.1 Å². The molecule has 0 amide bonds. The zero-order chi connectivity index (χ0) is 13.9. The van der Waals surface area contributed by atoms with E-state index in [-0.39, 0.29) is 0 Å². The maximum Gasteiger partial charge on any atom is 0.137 e. The molecule has 1 N–H and O–H groups in total. The molecule has 1 saturated heterocycles. The molecule has 0 spiro atoms. The Morgan fingerprint density at radius 3 is 2.95 bits per heavy atom. The molecule has 106 valence electrons. The highest BCUT2D eigenvalue weighted by Gasteiger charge is 2.23. The number of para-hydroxylation sites is 1. The lowest BCUT2D eigenvalue weighted by molar-refractivity contribution is 0.266. The predicted octanol–water partition coefficient (Wildman–Crippen LogP) is 2.77. The fraction of sp³-hybridized carbons (Fsp3) is 0.500. The Kier molecular flexibility index (Phi) is 3.83. The predicted molar refractivity (Wildman–Crippen MR) is 82.8 cm³/mol. The Morgan fingerprint density at radius 2 is 2.15 bits per heavy atom. The number of nitrogens with one attached hydrogen (secondary N) is 1. The highest BCUT2D eigenvalue weighted by Crippen LogP contribution is 2.22. The van der Waals surface area contributed by atoms with Gasteiger partial charge in [-0.25, -0.2) is 9.97 Å². The molecule has 1 unspecified atom stereocenters. The van der Waals surface area contributed by atoms with Crippen molar-refractivity contribution in [1.82, 2.24) is 14.9 Å². The van der Waals surface area contributed by atoms with Crippen LogP contribution in [0.4, 0.5) is 5.82 Å². The molecule has 1 atom stereocenters. The summed E-state index contributed by atoms with van der Waals surface area (Å²) in [7, 11) is 0. The van der Waals surface area contributed by atoms with E-state index in [0.29, 0.717) is 12.0 Å². The Labute approximate surface area is 120 Å². The normalized spacial score (nSPS) is 19.9. The van der Waals surface area contributed by atoms with Gasteiger partial charge in [-0.15, -0.1) is 0 Å². The van der Waals surface area contributed by atoms with Crippen molar-refractivity contribution >= 4 is 16.7 Å². The first kappa shape index (κ1) is 13.3. The van der Waals surface area contributed by atoms with Gasteiger partial charge in [-0.1, -0.05) is 12.1 Å². The molecule has 4 heteroatoms. The van der Waals surface area contributed by atoms with Gasteiger partial charge in [-0.05, 0) is 44.9 Å². The van der Waals surface area contributed by atoms with E-state index in [1.54, 1.807) is 6.33 Å². The largest absolute Gasteiger partial charge is 0.369 e. The average molecular weight is 270 g/mol. The summed E-state index contributed by atoms with van der Waals surface area (Å²) in [5.74, 6) is 1.67. The molecule has 1 aromatic heterocycles. The molecule has 0 radical (unpaired) electrons. The van der Waals surface area contributed by atoms with E-state index < -0.39 is 0 Å². The molecule has 3 rings (SSSR count). The number of likely N-dealkylation sites (tertiary alicyclic amines) is 1. The molecule has 1 aromatic carbocycles. The van der Waals surface area contributed by atoms with Crippen molar-refractivity contribution < 1.29 is 0 Å². The number of nitrogens with zero attached hydrogens (tertiary/aromatic N) is 3. The van der Waals surface area contributed by atoms with Crippen molar-refractivity contribution in [2.24, 2.45) is 5.92 Å². The zero-order valence-corrected chi connectivity index (χ0v) is 12.2. The number of aromatic nitrogens is 2. The minimum absolute atomic E-state index is 0.653. The van der Waals surface area contributed by atoms with Gasteiger partial charge in [0.05, 0.1) is 5.52 Å². The van der Waals surface area contributed by atoms with Crippen LogP contribution in [0.3, 0.4) is 0 Å². The topological polar surface area (TPSA) is 41.0 Å². The van der Waals surface area contributed by atoms with E-state index in [1.807, 2.05) is 18.2 Å². The van der Waals surface area contributed by atoms with E-state index >= 15 is 0 Å². The molecule has 4 nitrogen and oxygen atoms in total. The van der Waals surface area contributed by atoms with Gasteiger partial charge in [-0.2, -0.15) is 0 Å². The first-order valence-electron chi connectivity index (χ1n) is 7.41. The van der Waals surface area contributed by atoms with Crippen LogP contribution in [0.15, 0.2) is 30.6 Å². The lowest BCUT2D eigenvalue weighted by atomic mass is 10.1.